The van der Waals surface area contributed by atoms with Crippen molar-refractivity contribution in [3.05, 3.63) is 23.8 Å². The fraction of sp³-hybridized carbons (Fsp3) is 0.500. The van der Waals surface area contributed by atoms with Gasteiger partial charge in [-0.3, -0.25) is 0 Å². The van der Waals surface area contributed by atoms with Crippen LogP contribution < -0.4 is 11.1 Å². The quantitative estimate of drug-likeness (QED) is 0.624. The number of hydrogen-bond acceptors (Lipinski definition) is 6. The number of rotatable bonds is 5. The fourth-order valence-electron chi connectivity index (χ4n) is 1.94. The van der Waals surface area contributed by atoms with Gasteiger partial charge < -0.3 is 25.3 Å². The van der Waals surface area contributed by atoms with Gasteiger partial charge in [-0.15, -0.1) is 0 Å². The maximum atomic E-state index is 11.7. The van der Waals surface area contributed by atoms with Gasteiger partial charge in [0, 0.05) is 17.9 Å². The molecule has 1 aromatic rings. The molecule has 1 atom stereocenters. The Morgan fingerprint density at radius 3 is 3.05 bits per heavy atom. The SMILES string of the molecule is CCOC(=O)c1cc(NCC2COCCO2)ccc1N. The number of anilines is 2. The van der Waals surface area contributed by atoms with E-state index in [1.807, 2.05) is 6.07 Å². The van der Waals surface area contributed by atoms with E-state index >= 15 is 0 Å². The highest BCUT2D eigenvalue weighted by Crippen LogP contribution is 2.19. The minimum Gasteiger partial charge on any atom is -0.462 e. The molecule has 1 fully saturated rings. The van der Waals surface area contributed by atoms with Crippen molar-refractivity contribution in [1.29, 1.82) is 0 Å². The van der Waals surface area contributed by atoms with E-state index in [1.54, 1.807) is 19.1 Å². The van der Waals surface area contributed by atoms with Gasteiger partial charge in [0.05, 0.1) is 38.1 Å². The lowest BCUT2D eigenvalue weighted by Gasteiger charge is -2.23. The van der Waals surface area contributed by atoms with Crippen molar-refractivity contribution >= 4 is 17.3 Å². The van der Waals surface area contributed by atoms with Crippen LogP contribution in [-0.4, -0.2) is 45.0 Å². The van der Waals surface area contributed by atoms with E-state index in [1.165, 1.54) is 0 Å². The number of nitrogen functional groups attached to an aromatic ring is 1. The molecular weight excluding hydrogens is 260 g/mol. The number of benzene rings is 1. The molecular formula is C14H20N2O4. The number of carbonyl (C=O) groups excluding carboxylic acids is 1. The largest absolute Gasteiger partial charge is 0.462 e. The van der Waals surface area contributed by atoms with Gasteiger partial charge in [-0.1, -0.05) is 0 Å². The Kier molecular flexibility index (Phi) is 5.20. The molecule has 1 unspecified atom stereocenters. The van der Waals surface area contributed by atoms with Crippen molar-refractivity contribution in [2.24, 2.45) is 0 Å². The topological polar surface area (TPSA) is 82.8 Å². The van der Waals surface area contributed by atoms with Crippen LogP contribution in [0.15, 0.2) is 18.2 Å². The summed E-state index contributed by atoms with van der Waals surface area (Å²) in [6.45, 7) is 4.53. The van der Waals surface area contributed by atoms with E-state index in [0.717, 1.165) is 5.69 Å². The first-order valence-electron chi connectivity index (χ1n) is 6.70. The number of hydrogen-bond donors (Lipinski definition) is 2. The molecule has 1 saturated heterocycles. The molecule has 0 radical (unpaired) electrons. The van der Waals surface area contributed by atoms with Crippen LogP contribution in [0.2, 0.25) is 0 Å². The summed E-state index contributed by atoms with van der Waals surface area (Å²) >= 11 is 0. The van der Waals surface area contributed by atoms with E-state index in [-0.39, 0.29) is 6.10 Å². The third kappa shape index (κ3) is 3.85. The molecule has 6 heteroatoms. The van der Waals surface area contributed by atoms with Gasteiger partial charge in [0.15, 0.2) is 0 Å². The summed E-state index contributed by atoms with van der Waals surface area (Å²) in [7, 11) is 0. The van der Waals surface area contributed by atoms with Gasteiger partial charge in [0.2, 0.25) is 0 Å². The van der Waals surface area contributed by atoms with Crippen molar-refractivity contribution < 1.29 is 19.0 Å². The zero-order valence-electron chi connectivity index (χ0n) is 11.6. The Labute approximate surface area is 118 Å². The minimum absolute atomic E-state index is 0.0207. The summed E-state index contributed by atoms with van der Waals surface area (Å²) in [6, 6.07) is 5.20. The standard InChI is InChI=1S/C14H20N2O4/c1-2-19-14(17)12-7-10(3-4-13(12)15)16-8-11-9-18-5-6-20-11/h3-4,7,11,16H,2,5-6,8-9,15H2,1H3. The molecule has 20 heavy (non-hydrogen) atoms. The number of esters is 1. The van der Waals surface area contributed by atoms with Crippen molar-refractivity contribution in [2.75, 3.05) is 44.0 Å². The Hall–Kier alpha value is -1.79. The van der Waals surface area contributed by atoms with Crippen molar-refractivity contribution in [3.63, 3.8) is 0 Å². The summed E-state index contributed by atoms with van der Waals surface area (Å²) in [6.07, 6.45) is 0.0207. The summed E-state index contributed by atoms with van der Waals surface area (Å²) in [4.78, 5) is 11.7. The van der Waals surface area contributed by atoms with Crippen LogP contribution in [0, 0.1) is 0 Å². The monoisotopic (exact) mass is 280 g/mol. The molecule has 0 spiro atoms. The molecule has 1 aromatic carbocycles. The number of nitrogens with two attached hydrogens (primary N) is 1. The molecule has 0 aliphatic carbocycles. The summed E-state index contributed by atoms with van der Waals surface area (Å²) in [5.74, 6) is -0.411. The lowest BCUT2D eigenvalue weighted by atomic mass is 10.1. The van der Waals surface area contributed by atoms with Crippen LogP contribution in [0.3, 0.4) is 0 Å². The second-order valence-corrected chi connectivity index (χ2v) is 4.47. The molecule has 0 aromatic heterocycles. The van der Waals surface area contributed by atoms with E-state index in [0.29, 0.717) is 44.2 Å². The van der Waals surface area contributed by atoms with Crippen LogP contribution in [0.4, 0.5) is 11.4 Å². The van der Waals surface area contributed by atoms with Crippen molar-refractivity contribution in [3.8, 4) is 0 Å². The van der Waals surface area contributed by atoms with Crippen molar-refractivity contribution in [1.82, 2.24) is 0 Å². The Morgan fingerprint density at radius 1 is 1.50 bits per heavy atom. The lowest BCUT2D eigenvalue weighted by Crippen LogP contribution is -2.34. The van der Waals surface area contributed by atoms with Gasteiger partial charge in [-0.2, -0.15) is 0 Å². The predicted molar refractivity (Wildman–Crippen MR) is 75.9 cm³/mol. The first kappa shape index (κ1) is 14.6. The summed E-state index contributed by atoms with van der Waals surface area (Å²) < 4.78 is 15.8. The van der Waals surface area contributed by atoms with Gasteiger partial charge in [-0.05, 0) is 25.1 Å². The molecule has 1 aliphatic heterocycles. The van der Waals surface area contributed by atoms with Gasteiger partial charge in [0.1, 0.15) is 0 Å². The third-order valence-corrected chi connectivity index (χ3v) is 2.97. The normalized spacial score (nSPS) is 18.6. The Bertz CT molecular complexity index is 458. The molecule has 3 N–H and O–H groups in total. The van der Waals surface area contributed by atoms with E-state index in [2.05, 4.69) is 5.32 Å². The molecule has 0 bridgehead atoms. The van der Waals surface area contributed by atoms with Crippen LogP contribution in [0.25, 0.3) is 0 Å². The van der Waals surface area contributed by atoms with Gasteiger partial charge in [0.25, 0.3) is 0 Å². The molecule has 0 amide bonds. The summed E-state index contributed by atoms with van der Waals surface area (Å²) in [5.41, 5.74) is 7.37. The molecule has 1 aliphatic rings. The molecule has 6 nitrogen and oxygen atoms in total. The molecule has 110 valence electrons. The van der Waals surface area contributed by atoms with Gasteiger partial charge in [-0.25, -0.2) is 4.79 Å². The highest BCUT2D eigenvalue weighted by Gasteiger charge is 2.15. The smallest absolute Gasteiger partial charge is 0.340 e. The minimum atomic E-state index is -0.411. The van der Waals surface area contributed by atoms with Crippen LogP contribution in [-0.2, 0) is 14.2 Å². The Balaban J connectivity index is 1.97. The van der Waals surface area contributed by atoms with Crippen LogP contribution >= 0.6 is 0 Å². The first-order chi connectivity index (χ1) is 9.70. The van der Waals surface area contributed by atoms with Crippen LogP contribution in [0.1, 0.15) is 17.3 Å². The average molecular weight is 280 g/mol. The van der Waals surface area contributed by atoms with Crippen molar-refractivity contribution in [2.45, 2.75) is 13.0 Å². The Morgan fingerprint density at radius 2 is 2.35 bits per heavy atom. The molecule has 1 heterocycles. The van der Waals surface area contributed by atoms with E-state index in [9.17, 15) is 4.79 Å². The second-order valence-electron chi connectivity index (χ2n) is 4.47. The molecule has 2 rings (SSSR count). The fourth-order valence-corrected chi connectivity index (χ4v) is 1.94. The van der Waals surface area contributed by atoms with Gasteiger partial charge >= 0.3 is 5.97 Å². The zero-order valence-corrected chi connectivity index (χ0v) is 11.6. The third-order valence-electron chi connectivity index (χ3n) is 2.97. The van der Waals surface area contributed by atoms with E-state index in [4.69, 9.17) is 19.9 Å². The van der Waals surface area contributed by atoms with E-state index < -0.39 is 5.97 Å². The highest BCUT2D eigenvalue weighted by molar-refractivity contribution is 5.96. The number of ether oxygens (including phenoxy) is 3. The number of nitrogens with one attached hydrogen (secondary N) is 1. The molecule has 0 saturated carbocycles. The lowest BCUT2D eigenvalue weighted by molar-refractivity contribution is -0.0818. The second kappa shape index (κ2) is 7.12. The summed E-state index contributed by atoms with van der Waals surface area (Å²) in [5, 5.41) is 3.21. The zero-order chi connectivity index (χ0) is 14.4. The maximum absolute atomic E-state index is 11.7. The predicted octanol–water partition coefficient (Wildman–Crippen LogP) is 1.27. The average Bonchev–Trinajstić information content (AvgIpc) is 2.47. The maximum Gasteiger partial charge on any atom is 0.340 e. The van der Waals surface area contributed by atoms with Crippen LogP contribution in [0.5, 0.6) is 0 Å². The highest BCUT2D eigenvalue weighted by atomic mass is 16.6. The number of carbonyl (C=O) groups is 1. The first-order valence-corrected chi connectivity index (χ1v) is 6.70.